The molecule has 1 aliphatic carbocycles. The van der Waals surface area contributed by atoms with Gasteiger partial charge in [-0.15, -0.1) is 0 Å². The number of carboxylic acid groups (broad SMARTS) is 1. The Kier molecular flexibility index (Phi) is 4.40. The minimum Gasteiger partial charge on any atom is -0.480 e. The smallest absolute Gasteiger partial charge is 0.323 e. The second-order valence-electron chi connectivity index (χ2n) is 5.31. The van der Waals surface area contributed by atoms with Gasteiger partial charge in [0.15, 0.2) is 0 Å². The van der Waals surface area contributed by atoms with Crippen LogP contribution in [0, 0.1) is 22.9 Å². The normalized spacial score (nSPS) is 15.1. The van der Waals surface area contributed by atoms with Crippen LogP contribution in [0.25, 0.3) is 0 Å². The molecule has 0 heterocycles. The van der Waals surface area contributed by atoms with Crippen molar-refractivity contribution in [3.8, 4) is 0 Å². The number of nitrogens with zero attached hydrogens (tertiary/aromatic N) is 2. The number of nitro groups is 1. The molecule has 0 radical (unpaired) electrons. The molecule has 1 aromatic rings. The summed E-state index contributed by atoms with van der Waals surface area (Å²) in [5.41, 5.74) is 0.0726. The number of aryl methyl sites for hydroxylation is 1. The Morgan fingerprint density at radius 2 is 2.10 bits per heavy atom. The molecule has 0 atom stereocenters. The van der Waals surface area contributed by atoms with Gasteiger partial charge in [-0.2, -0.15) is 0 Å². The zero-order valence-electron chi connectivity index (χ0n) is 11.7. The molecule has 1 fully saturated rings. The monoisotopic (exact) mass is 296 g/mol. The second-order valence-corrected chi connectivity index (χ2v) is 5.31. The van der Waals surface area contributed by atoms with E-state index in [1.807, 2.05) is 0 Å². The number of benzene rings is 1. The summed E-state index contributed by atoms with van der Waals surface area (Å²) in [6.07, 6.45) is 3.52. The maximum Gasteiger partial charge on any atom is 0.323 e. The van der Waals surface area contributed by atoms with Crippen molar-refractivity contribution >= 4 is 17.3 Å². The highest BCUT2D eigenvalue weighted by atomic mass is 19.1. The van der Waals surface area contributed by atoms with E-state index in [0.29, 0.717) is 0 Å². The molecule has 0 aromatic heterocycles. The molecule has 0 amide bonds. The molecule has 0 unspecified atom stereocenters. The summed E-state index contributed by atoms with van der Waals surface area (Å²) in [7, 11) is 0. The van der Waals surface area contributed by atoms with Crippen molar-refractivity contribution in [2.45, 2.75) is 38.6 Å². The number of nitro benzene ring substituents is 1. The molecule has 1 N–H and O–H groups in total. The van der Waals surface area contributed by atoms with Crippen LogP contribution in [0.2, 0.25) is 0 Å². The van der Waals surface area contributed by atoms with E-state index in [0.717, 1.165) is 31.7 Å². The molecule has 0 saturated heterocycles. The van der Waals surface area contributed by atoms with E-state index in [1.165, 1.54) is 17.9 Å². The first-order chi connectivity index (χ1) is 9.90. The summed E-state index contributed by atoms with van der Waals surface area (Å²) in [5.74, 6) is -1.72. The largest absolute Gasteiger partial charge is 0.480 e. The number of carbonyl (C=O) groups is 1. The summed E-state index contributed by atoms with van der Waals surface area (Å²) in [5, 5.41) is 20.2. The Balaban J connectivity index is 2.49. The second kappa shape index (κ2) is 6.07. The third-order valence-electron chi connectivity index (χ3n) is 3.83. The summed E-state index contributed by atoms with van der Waals surface area (Å²) in [6.45, 7) is 1.19. The fourth-order valence-electron chi connectivity index (χ4n) is 2.80. The van der Waals surface area contributed by atoms with E-state index in [2.05, 4.69) is 0 Å². The first-order valence-electron chi connectivity index (χ1n) is 6.83. The molecule has 21 heavy (non-hydrogen) atoms. The zero-order valence-corrected chi connectivity index (χ0v) is 11.7. The Hall–Kier alpha value is -2.18. The molecule has 7 heteroatoms. The molecule has 2 rings (SSSR count). The van der Waals surface area contributed by atoms with Crippen molar-refractivity contribution < 1.29 is 19.2 Å². The minimum atomic E-state index is -1.06. The highest BCUT2D eigenvalue weighted by Gasteiger charge is 2.30. The van der Waals surface area contributed by atoms with Gasteiger partial charge in [-0.05, 0) is 31.4 Å². The van der Waals surface area contributed by atoms with Crippen molar-refractivity contribution in [2.75, 3.05) is 11.4 Å². The van der Waals surface area contributed by atoms with Gasteiger partial charge in [0.05, 0.1) is 11.0 Å². The number of aliphatic carboxylic acids is 1. The first-order valence-corrected chi connectivity index (χ1v) is 6.83. The van der Waals surface area contributed by atoms with E-state index < -0.39 is 16.7 Å². The molecule has 114 valence electrons. The Morgan fingerprint density at radius 3 is 2.62 bits per heavy atom. The van der Waals surface area contributed by atoms with Crippen LogP contribution in [0.5, 0.6) is 0 Å². The lowest BCUT2D eigenvalue weighted by Crippen LogP contribution is -2.38. The quantitative estimate of drug-likeness (QED) is 0.667. The molecule has 0 aliphatic heterocycles. The van der Waals surface area contributed by atoms with Crippen LogP contribution in [0.1, 0.15) is 31.2 Å². The number of hydrogen-bond donors (Lipinski definition) is 1. The van der Waals surface area contributed by atoms with Gasteiger partial charge in [-0.3, -0.25) is 14.9 Å². The van der Waals surface area contributed by atoms with E-state index in [4.69, 9.17) is 5.11 Å². The summed E-state index contributed by atoms with van der Waals surface area (Å²) in [4.78, 5) is 23.1. The van der Waals surface area contributed by atoms with Crippen LogP contribution in [0.3, 0.4) is 0 Å². The highest BCUT2D eigenvalue weighted by Crippen LogP contribution is 2.35. The third-order valence-corrected chi connectivity index (χ3v) is 3.83. The first kappa shape index (κ1) is 15.2. The van der Waals surface area contributed by atoms with Crippen molar-refractivity contribution in [2.24, 2.45) is 0 Å². The molecule has 1 aromatic carbocycles. The van der Waals surface area contributed by atoms with Crippen LogP contribution >= 0.6 is 0 Å². The number of anilines is 1. The Morgan fingerprint density at radius 1 is 1.48 bits per heavy atom. The van der Waals surface area contributed by atoms with Gasteiger partial charge in [-0.25, -0.2) is 4.39 Å². The summed E-state index contributed by atoms with van der Waals surface area (Å²) in [6, 6.07) is 2.19. The van der Waals surface area contributed by atoms with E-state index in [1.54, 1.807) is 0 Å². The van der Waals surface area contributed by atoms with Crippen LogP contribution < -0.4 is 4.90 Å². The number of halogens is 1. The minimum absolute atomic E-state index is 0.0512. The maximum atomic E-state index is 13.6. The predicted molar refractivity (Wildman–Crippen MR) is 75.0 cm³/mol. The molecule has 1 saturated carbocycles. The van der Waals surface area contributed by atoms with Crippen LogP contribution in [0.4, 0.5) is 15.8 Å². The Labute approximate surface area is 121 Å². The molecule has 0 spiro atoms. The number of hydrogen-bond acceptors (Lipinski definition) is 4. The maximum absolute atomic E-state index is 13.6. The van der Waals surface area contributed by atoms with Crippen molar-refractivity contribution in [1.82, 2.24) is 0 Å². The van der Waals surface area contributed by atoms with Crippen molar-refractivity contribution in [3.63, 3.8) is 0 Å². The number of carboxylic acids is 1. The lowest BCUT2D eigenvalue weighted by molar-refractivity contribution is -0.384. The highest BCUT2D eigenvalue weighted by molar-refractivity contribution is 5.77. The average Bonchev–Trinajstić information content (AvgIpc) is 2.92. The van der Waals surface area contributed by atoms with Gasteiger partial charge in [0.1, 0.15) is 18.0 Å². The van der Waals surface area contributed by atoms with Gasteiger partial charge in [0, 0.05) is 6.04 Å². The fraction of sp³-hybridized carbons (Fsp3) is 0.500. The molecule has 0 bridgehead atoms. The summed E-state index contributed by atoms with van der Waals surface area (Å²) < 4.78 is 13.6. The molecular weight excluding hydrogens is 279 g/mol. The molecular formula is C14H17FN2O4. The van der Waals surface area contributed by atoms with Gasteiger partial charge < -0.3 is 10.0 Å². The third kappa shape index (κ3) is 3.29. The molecule has 1 aliphatic rings. The SMILES string of the molecule is Cc1cc(N(CC(=O)O)C2CCCC2)c([N+](=O)[O-])cc1F. The average molecular weight is 296 g/mol. The summed E-state index contributed by atoms with van der Waals surface area (Å²) >= 11 is 0. The van der Waals surface area contributed by atoms with E-state index in [-0.39, 0.29) is 29.5 Å². The predicted octanol–water partition coefficient (Wildman–Crippen LogP) is 2.88. The number of rotatable bonds is 5. The Bertz CT molecular complexity index is 570. The van der Waals surface area contributed by atoms with Crippen molar-refractivity contribution in [3.05, 3.63) is 33.6 Å². The van der Waals surface area contributed by atoms with Gasteiger partial charge >= 0.3 is 5.97 Å². The zero-order chi connectivity index (χ0) is 15.6. The lowest BCUT2D eigenvalue weighted by atomic mass is 10.1. The van der Waals surface area contributed by atoms with E-state index in [9.17, 15) is 19.3 Å². The van der Waals surface area contributed by atoms with Gasteiger partial charge in [0.2, 0.25) is 0 Å². The fourth-order valence-corrected chi connectivity index (χ4v) is 2.80. The topological polar surface area (TPSA) is 83.7 Å². The van der Waals surface area contributed by atoms with Gasteiger partial charge in [-0.1, -0.05) is 12.8 Å². The van der Waals surface area contributed by atoms with Crippen LogP contribution in [0.15, 0.2) is 12.1 Å². The van der Waals surface area contributed by atoms with Gasteiger partial charge in [0.25, 0.3) is 5.69 Å². The van der Waals surface area contributed by atoms with E-state index >= 15 is 0 Å². The lowest BCUT2D eigenvalue weighted by Gasteiger charge is -2.29. The van der Waals surface area contributed by atoms with Crippen molar-refractivity contribution in [1.29, 1.82) is 0 Å². The van der Waals surface area contributed by atoms with Crippen LogP contribution in [-0.4, -0.2) is 28.6 Å². The van der Waals surface area contributed by atoms with Crippen LogP contribution in [-0.2, 0) is 4.79 Å². The standard InChI is InChI=1S/C14H17FN2O4/c1-9-6-12(13(17(20)21)7-11(9)15)16(8-14(18)19)10-4-2-3-5-10/h6-7,10H,2-5,8H2,1H3,(H,18,19). The molecule has 6 nitrogen and oxygen atoms in total.